The van der Waals surface area contributed by atoms with Gasteiger partial charge in [0, 0.05) is 16.1 Å². The van der Waals surface area contributed by atoms with Gasteiger partial charge in [0.1, 0.15) is 23.4 Å². The maximum Gasteiger partial charge on any atom is 0.170 e. The molecule has 1 unspecified atom stereocenters. The van der Waals surface area contributed by atoms with Crippen molar-refractivity contribution in [2.45, 2.75) is 12.5 Å². The van der Waals surface area contributed by atoms with Gasteiger partial charge in [-0.25, -0.2) is 4.39 Å². The van der Waals surface area contributed by atoms with Crippen molar-refractivity contribution in [3.05, 3.63) is 57.8 Å². The molecule has 0 amide bonds. The number of halogens is 2. The molecule has 2 aromatic carbocycles. The van der Waals surface area contributed by atoms with Gasteiger partial charge in [0.05, 0.1) is 19.1 Å². The average molecular weight is 351 g/mol. The lowest BCUT2D eigenvalue weighted by molar-refractivity contribution is 0.0845. The highest BCUT2D eigenvalue weighted by Gasteiger charge is 2.29. The molecule has 1 heterocycles. The van der Waals surface area contributed by atoms with Gasteiger partial charge in [-0.3, -0.25) is 4.79 Å². The Kier molecular flexibility index (Phi) is 3.68. The Morgan fingerprint density at radius 2 is 2.10 bits per heavy atom. The highest BCUT2D eigenvalue weighted by Crippen LogP contribution is 2.38. The van der Waals surface area contributed by atoms with E-state index in [-0.39, 0.29) is 18.0 Å². The molecule has 0 saturated carbocycles. The van der Waals surface area contributed by atoms with Crippen molar-refractivity contribution < 1.29 is 18.7 Å². The molecule has 0 fully saturated rings. The first-order valence-corrected chi connectivity index (χ1v) is 7.20. The van der Waals surface area contributed by atoms with Crippen molar-refractivity contribution in [1.82, 2.24) is 0 Å². The molecule has 1 atom stereocenters. The summed E-state index contributed by atoms with van der Waals surface area (Å²) in [7, 11) is 1.54. The molecule has 3 rings (SSSR count). The van der Waals surface area contributed by atoms with Crippen LogP contribution >= 0.6 is 15.9 Å². The smallest absolute Gasteiger partial charge is 0.170 e. The fourth-order valence-corrected chi connectivity index (χ4v) is 2.74. The Labute approximate surface area is 129 Å². The van der Waals surface area contributed by atoms with Gasteiger partial charge in [0.15, 0.2) is 5.78 Å². The van der Waals surface area contributed by atoms with Crippen LogP contribution in [0.25, 0.3) is 0 Å². The molecule has 3 nitrogen and oxygen atoms in total. The third kappa shape index (κ3) is 2.65. The number of carbonyl (C=O) groups excluding carboxylic acids is 1. The average Bonchev–Trinajstić information content (AvgIpc) is 2.49. The zero-order valence-electron chi connectivity index (χ0n) is 11.2. The number of methoxy groups -OCH3 is 1. The number of hydrogen-bond donors (Lipinski definition) is 0. The molecule has 2 aromatic rings. The van der Waals surface area contributed by atoms with Crippen molar-refractivity contribution in [2.75, 3.05) is 7.11 Å². The Bertz CT molecular complexity index is 715. The van der Waals surface area contributed by atoms with Gasteiger partial charge >= 0.3 is 0 Å². The fraction of sp³-hybridized carbons (Fsp3) is 0.188. The number of rotatable bonds is 2. The summed E-state index contributed by atoms with van der Waals surface area (Å²) < 4.78 is 25.6. The van der Waals surface area contributed by atoms with Crippen LogP contribution in [-0.4, -0.2) is 12.9 Å². The molecule has 1 aliphatic heterocycles. The van der Waals surface area contributed by atoms with Gasteiger partial charge in [-0.1, -0.05) is 15.9 Å². The predicted octanol–water partition coefficient (Wildman–Crippen LogP) is 4.30. The van der Waals surface area contributed by atoms with Gasteiger partial charge in [-0.05, 0) is 30.3 Å². The third-order valence-electron chi connectivity index (χ3n) is 3.43. The third-order valence-corrected chi connectivity index (χ3v) is 3.93. The predicted molar refractivity (Wildman–Crippen MR) is 79.4 cm³/mol. The number of Topliss-reactive ketones (excluding diaryl/α,β-unsaturated/α-hetero) is 1. The largest absolute Gasteiger partial charge is 0.497 e. The van der Waals surface area contributed by atoms with Crippen molar-refractivity contribution in [2.24, 2.45) is 0 Å². The standard InChI is InChI=1S/C16H12BrFO3/c1-20-10-3-4-11-14(19)8-16(21-15(11)7-10)12-6-9(17)2-5-13(12)18/h2-7,16H,8H2,1H3. The molecule has 0 radical (unpaired) electrons. The molecule has 0 N–H and O–H groups in total. The molecular weight excluding hydrogens is 339 g/mol. The normalized spacial score (nSPS) is 17.1. The molecule has 5 heteroatoms. The Morgan fingerprint density at radius 1 is 1.29 bits per heavy atom. The zero-order valence-corrected chi connectivity index (χ0v) is 12.8. The second kappa shape index (κ2) is 5.48. The molecule has 21 heavy (non-hydrogen) atoms. The summed E-state index contributed by atoms with van der Waals surface area (Å²) in [6.07, 6.45) is -0.512. The quantitative estimate of drug-likeness (QED) is 0.809. The Balaban J connectivity index is 2.01. The SMILES string of the molecule is COc1ccc2c(c1)OC(c1cc(Br)ccc1F)CC2=O. The highest BCUT2D eigenvalue weighted by molar-refractivity contribution is 9.10. The minimum Gasteiger partial charge on any atom is -0.497 e. The summed E-state index contributed by atoms with van der Waals surface area (Å²) in [6, 6.07) is 9.63. The van der Waals surface area contributed by atoms with Crippen LogP contribution in [0.1, 0.15) is 28.4 Å². The van der Waals surface area contributed by atoms with E-state index >= 15 is 0 Å². The van der Waals surface area contributed by atoms with Crippen LogP contribution in [0.3, 0.4) is 0 Å². The van der Waals surface area contributed by atoms with E-state index in [4.69, 9.17) is 9.47 Å². The molecule has 108 valence electrons. The number of carbonyl (C=O) groups is 1. The lowest BCUT2D eigenvalue weighted by atomic mass is 9.96. The van der Waals surface area contributed by atoms with Crippen molar-refractivity contribution >= 4 is 21.7 Å². The number of ether oxygens (including phenoxy) is 2. The number of fused-ring (bicyclic) bond motifs is 1. The van der Waals surface area contributed by atoms with Crippen LogP contribution in [0.2, 0.25) is 0 Å². The first-order chi connectivity index (χ1) is 10.1. The number of ketones is 1. The second-order valence-corrected chi connectivity index (χ2v) is 5.68. The molecule has 0 saturated heterocycles. The Hall–Kier alpha value is -1.88. The minimum absolute atomic E-state index is 0.0664. The fourth-order valence-electron chi connectivity index (χ4n) is 2.37. The highest BCUT2D eigenvalue weighted by atomic mass is 79.9. The number of benzene rings is 2. The minimum atomic E-state index is -0.630. The second-order valence-electron chi connectivity index (χ2n) is 4.76. The number of hydrogen-bond acceptors (Lipinski definition) is 3. The lowest BCUT2D eigenvalue weighted by Gasteiger charge is -2.26. The van der Waals surface area contributed by atoms with Gasteiger partial charge in [0.25, 0.3) is 0 Å². The molecule has 0 spiro atoms. The Morgan fingerprint density at radius 3 is 2.86 bits per heavy atom. The first kappa shape index (κ1) is 14.1. The first-order valence-electron chi connectivity index (χ1n) is 6.41. The van der Waals surface area contributed by atoms with E-state index in [9.17, 15) is 9.18 Å². The van der Waals surface area contributed by atoms with Gasteiger partial charge in [-0.2, -0.15) is 0 Å². The van der Waals surface area contributed by atoms with E-state index in [2.05, 4.69) is 15.9 Å². The van der Waals surface area contributed by atoms with Gasteiger partial charge in [0.2, 0.25) is 0 Å². The summed E-state index contributed by atoms with van der Waals surface area (Å²) in [5.41, 5.74) is 0.869. The van der Waals surface area contributed by atoms with Crippen molar-refractivity contribution in [3.8, 4) is 11.5 Å². The zero-order chi connectivity index (χ0) is 15.0. The summed E-state index contributed by atoms with van der Waals surface area (Å²) in [4.78, 5) is 12.2. The van der Waals surface area contributed by atoms with E-state index in [0.29, 0.717) is 22.6 Å². The van der Waals surface area contributed by atoms with Crippen LogP contribution < -0.4 is 9.47 Å². The monoisotopic (exact) mass is 350 g/mol. The summed E-state index contributed by atoms with van der Waals surface area (Å²) in [5, 5.41) is 0. The molecule has 1 aliphatic rings. The van der Waals surface area contributed by atoms with Gasteiger partial charge < -0.3 is 9.47 Å². The molecular formula is C16H12BrFO3. The van der Waals surface area contributed by atoms with Crippen molar-refractivity contribution in [1.29, 1.82) is 0 Å². The molecule has 0 aliphatic carbocycles. The molecule has 0 aromatic heterocycles. The van der Waals surface area contributed by atoms with E-state index in [1.165, 1.54) is 13.2 Å². The van der Waals surface area contributed by atoms with E-state index in [0.717, 1.165) is 4.47 Å². The topological polar surface area (TPSA) is 35.5 Å². The van der Waals surface area contributed by atoms with Crippen LogP contribution in [-0.2, 0) is 0 Å². The van der Waals surface area contributed by atoms with Crippen LogP contribution in [0.4, 0.5) is 4.39 Å². The van der Waals surface area contributed by atoms with E-state index < -0.39 is 6.10 Å². The summed E-state index contributed by atoms with van der Waals surface area (Å²) in [5.74, 6) is 0.567. The summed E-state index contributed by atoms with van der Waals surface area (Å²) in [6.45, 7) is 0. The van der Waals surface area contributed by atoms with Crippen LogP contribution in [0, 0.1) is 5.82 Å². The van der Waals surface area contributed by atoms with Gasteiger partial charge in [-0.15, -0.1) is 0 Å². The van der Waals surface area contributed by atoms with E-state index in [1.807, 2.05) is 0 Å². The maximum absolute atomic E-state index is 14.0. The van der Waals surface area contributed by atoms with Crippen LogP contribution in [0.5, 0.6) is 11.5 Å². The maximum atomic E-state index is 14.0. The van der Waals surface area contributed by atoms with E-state index in [1.54, 1.807) is 30.3 Å². The summed E-state index contributed by atoms with van der Waals surface area (Å²) >= 11 is 3.31. The van der Waals surface area contributed by atoms with Crippen LogP contribution in [0.15, 0.2) is 40.9 Å². The lowest BCUT2D eigenvalue weighted by Crippen LogP contribution is -2.21. The van der Waals surface area contributed by atoms with Crippen molar-refractivity contribution in [3.63, 3.8) is 0 Å². The molecule has 0 bridgehead atoms.